The molecule has 1 fully saturated rings. The Morgan fingerprint density at radius 1 is 1.33 bits per heavy atom. The van der Waals surface area contributed by atoms with E-state index in [0.29, 0.717) is 11.5 Å². The summed E-state index contributed by atoms with van der Waals surface area (Å²) in [4.78, 5) is 4.51. The Hall–Kier alpha value is -1.12. The maximum atomic E-state index is 6.25. The summed E-state index contributed by atoms with van der Waals surface area (Å²) in [5.74, 6) is 0. The highest BCUT2D eigenvalue weighted by molar-refractivity contribution is 6.35. The summed E-state index contributed by atoms with van der Waals surface area (Å²) in [6.45, 7) is 5.62. The number of aromatic nitrogens is 1. The van der Waals surface area contributed by atoms with E-state index < -0.39 is 0 Å². The largest absolute Gasteiger partial charge is 0.310 e. The minimum Gasteiger partial charge on any atom is -0.310 e. The predicted octanol–water partition coefficient (Wildman–Crippen LogP) is 4.95. The summed E-state index contributed by atoms with van der Waals surface area (Å²) in [5.41, 5.74) is 2.72. The van der Waals surface area contributed by atoms with Crippen molar-refractivity contribution >= 4 is 22.5 Å². The van der Waals surface area contributed by atoms with E-state index in [0.717, 1.165) is 22.5 Å². The Kier molecular flexibility index (Phi) is 4.19. The first-order valence-corrected chi connectivity index (χ1v) is 8.18. The molecule has 1 aromatic carbocycles. The van der Waals surface area contributed by atoms with Crippen LogP contribution in [0.25, 0.3) is 10.9 Å². The summed E-state index contributed by atoms with van der Waals surface area (Å²) in [6, 6.07) is 8.67. The number of nitrogens with one attached hydrogen (secondary N) is 1. The quantitative estimate of drug-likeness (QED) is 0.868. The average Bonchev–Trinajstić information content (AvgIpc) is 2.46. The van der Waals surface area contributed by atoms with Crippen LogP contribution in [0.1, 0.15) is 45.1 Å². The molecule has 1 unspecified atom stereocenters. The van der Waals surface area contributed by atoms with Gasteiger partial charge >= 0.3 is 0 Å². The number of rotatable bonds is 3. The van der Waals surface area contributed by atoms with Gasteiger partial charge in [-0.25, -0.2) is 0 Å². The zero-order valence-corrected chi connectivity index (χ0v) is 13.6. The van der Waals surface area contributed by atoms with Crippen molar-refractivity contribution in [2.45, 2.75) is 52.1 Å². The molecule has 0 radical (unpaired) electrons. The lowest BCUT2D eigenvalue weighted by molar-refractivity contribution is 0.198. The van der Waals surface area contributed by atoms with Crippen LogP contribution in [0, 0.1) is 5.41 Å². The van der Waals surface area contributed by atoms with Crippen LogP contribution in [0.2, 0.25) is 5.02 Å². The molecule has 1 atom stereocenters. The van der Waals surface area contributed by atoms with Crippen LogP contribution in [0.5, 0.6) is 0 Å². The number of fused-ring (bicyclic) bond motifs is 1. The third-order valence-corrected chi connectivity index (χ3v) is 4.92. The lowest BCUT2D eigenvalue weighted by Gasteiger charge is -2.35. The van der Waals surface area contributed by atoms with Crippen LogP contribution >= 0.6 is 11.6 Å². The number of nitrogens with zero attached hydrogens (tertiary/aromatic N) is 1. The molecule has 0 saturated heterocycles. The Labute approximate surface area is 131 Å². The van der Waals surface area contributed by atoms with Gasteiger partial charge in [0.05, 0.1) is 5.52 Å². The Morgan fingerprint density at radius 3 is 3.00 bits per heavy atom. The van der Waals surface area contributed by atoms with E-state index >= 15 is 0 Å². The molecule has 1 saturated carbocycles. The first kappa shape index (κ1) is 14.8. The summed E-state index contributed by atoms with van der Waals surface area (Å²) in [7, 11) is 0. The van der Waals surface area contributed by atoms with Gasteiger partial charge in [0.25, 0.3) is 0 Å². The second-order valence-electron chi connectivity index (χ2n) is 6.94. The number of benzene rings is 1. The second-order valence-corrected chi connectivity index (χ2v) is 7.35. The normalized spacial score (nSPS) is 21.6. The number of hydrogen-bond acceptors (Lipinski definition) is 2. The van der Waals surface area contributed by atoms with E-state index in [9.17, 15) is 0 Å². The van der Waals surface area contributed by atoms with Gasteiger partial charge in [0.2, 0.25) is 0 Å². The number of hydrogen-bond donors (Lipinski definition) is 1. The first-order valence-electron chi connectivity index (χ1n) is 7.81. The fourth-order valence-electron chi connectivity index (χ4n) is 3.47. The van der Waals surface area contributed by atoms with Crippen LogP contribution in [-0.2, 0) is 6.54 Å². The van der Waals surface area contributed by atoms with E-state index in [1.165, 1.54) is 31.2 Å². The molecule has 1 N–H and O–H groups in total. The molecule has 112 valence electrons. The molecule has 0 bridgehead atoms. The maximum Gasteiger partial charge on any atom is 0.0761 e. The standard InChI is InChI=1S/C18H23ClN2/c1-18(2)9-3-5-14(11-18)21-12-13-7-8-16(19)15-6-4-10-20-17(13)15/h4,6-8,10,14,21H,3,5,9,11-12H2,1-2H3. The Bertz CT molecular complexity index is 636. The third-order valence-electron chi connectivity index (χ3n) is 4.59. The van der Waals surface area contributed by atoms with Gasteiger partial charge in [-0.2, -0.15) is 0 Å². The SMILES string of the molecule is CC1(C)CCCC(NCc2ccc(Cl)c3cccnc23)C1. The van der Waals surface area contributed by atoms with Crippen molar-refractivity contribution in [1.82, 2.24) is 10.3 Å². The Morgan fingerprint density at radius 2 is 2.19 bits per heavy atom. The van der Waals surface area contributed by atoms with E-state index in [4.69, 9.17) is 11.6 Å². The number of halogens is 1. The summed E-state index contributed by atoms with van der Waals surface area (Å²) >= 11 is 6.25. The van der Waals surface area contributed by atoms with Gasteiger partial charge in [-0.1, -0.05) is 37.9 Å². The first-order chi connectivity index (χ1) is 10.1. The molecule has 1 aliphatic rings. The van der Waals surface area contributed by atoms with Gasteiger partial charge < -0.3 is 5.32 Å². The molecule has 21 heavy (non-hydrogen) atoms. The monoisotopic (exact) mass is 302 g/mol. The number of pyridine rings is 1. The van der Waals surface area contributed by atoms with Gasteiger partial charge in [-0.3, -0.25) is 4.98 Å². The van der Waals surface area contributed by atoms with Crippen LogP contribution in [-0.4, -0.2) is 11.0 Å². The molecule has 2 nitrogen and oxygen atoms in total. The van der Waals surface area contributed by atoms with E-state index in [1.807, 2.05) is 24.4 Å². The van der Waals surface area contributed by atoms with Crippen LogP contribution in [0.4, 0.5) is 0 Å². The smallest absolute Gasteiger partial charge is 0.0761 e. The van der Waals surface area contributed by atoms with Gasteiger partial charge in [-0.15, -0.1) is 0 Å². The van der Waals surface area contributed by atoms with Gasteiger partial charge in [0.15, 0.2) is 0 Å². The Balaban J connectivity index is 1.75. The summed E-state index contributed by atoms with van der Waals surface area (Å²) in [5, 5.41) is 5.54. The van der Waals surface area contributed by atoms with Crippen molar-refractivity contribution < 1.29 is 0 Å². The second kappa shape index (κ2) is 5.94. The third kappa shape index (κ3) is 3.38. The van der Waals surface area contributed by atoms with Crippen LogP contribution < -0.4 is 5.32 Å². The maximum absolute atomic E-state index is 6.25. The highest BCUT2D eigenvalue weighted by atomic mass is 35.5. The summed E-state index contributed by atoms with van der Waals surface area (Å²) < 4.78 is 0. The van der Waals surface area contributed by atoms with Gasteiger partial charge in [0, 0.05) is 29.2 Å². The zero-order chi connectivity index (χ0) is 14.9. The fraction of sp³-hybridized carbons (Fsp3) is 0.500. The molecule has 0 spiro atoms. The molecule has 2 aromatic rings. The van der Waals surface area contributed by atoms with Crippen molar-refractivity contribution in [1.29, 1.82) is 0 Å². The molecule has 3 rings (SSSR count). The molecular formula is C18H23ClN2. The van der Waals surface area contributed by atoms with Crippen molar-refractivity contribution in [2.24, 2.45) is 5.41 Å². The average molecular weight is 303 g/mol. The molecule has 1 aromatic heterocycles. The molecule has 0 aliphatic heterocycles. The lowest BCUT2D eigenvalue weighted by Crippen LogP contribution is -2.36. The van der Waals surface area contributed by atoms with Gasteiger partial charge in [-0.05, 0) is 48.4 Å². The topological polar surface area (TPSA) is 24.9 Å². The van der Waals surface area contributed by atoms with Crippen molar-refractivity contribution in [2.75, 3.05) is 0 Å². The predicted molar refractivity (Wildman–Crippen MR) is 89.6 cm³/mol. The van der Waals surface area contributed by atoms with Crippen molar-refractivity contribution in [3.8, 4) is 0 Å². The molecule has 0 amide bonds. The minimum absolute atomic E-state index is 0.468. The van der Waals surface area contributed by atoms with Crippen LogP contribution in [0.15, 0.2) is 30.5 Å². The summed E-state index contributed by atoms with van der Waals surface area (Å²) in [6.07, 6.45) is 7.04. The highest BCUT2D eigenvalue weighted by Gasteiger charge is 2.27. The minimum atomic E-state index is 0.468. The van der Waals surface area contributed by atoms with Crippen molar-refractivity contribution in [3.05, 3.63) is 41.0 Å². The lowest BCUT2D eigenvalue weighted by atomic mass is 9.75. The molecular weight excluding hydrogens is 280 g/mol. The molecule has 3 heteroatoms. The van der Waals surface area contributed by atoms with Gasteiger partial charge in [0.1, 0.15) is 0 Å². The van der Waals surface area contributed by atoms with E-state index in [1.54, 1.807) is 0 Å². The fourth-order valence-corrected chi connectivity index (χ4v) is 3.68. The molecule has 1 aliphatic carbocycles. The highest BCUT2D eigenvalue weighted by Crippen LogP contribution is 2.35. The van der Waals surface area contributed by atoms with Crippen LogP contribution in [0.3, 0.4) is 0 Å². The van der Waals surface area contributed by atoms with E-state index in [2.05, 4.69) is 30.2 Å². The van der Waals surface area contributed by atoms with E-state index in [-0.39, 0.29) is 0 Å². The molecule has 1 heterocycles. The van der Waals surface area contributed by atoms with Crippen molar-refractivity contribution in [3.63, 3.8) is 0 Å². The zero-order valence-electron chi connectivity index (χ0n) is 12.8.